The number of hydrogen-bond acceptors (Lipinski definition) is 4. The van der Waals surface area contributed by atoms with Gasteiger partial charge in [-0.15, -0.1) is 11.3 Å². The van der Waals surface area contributed by atoms with Crippen molar-refractivity contribution >= 4 is 27.3 Å². The summed E-state index contributed by atoms with van der Waals surface area (Å²) in [6, 6.07) is 3.68. The van der Waals surface area contributed by atoms with Crippen LogP contribution in [0.3, 0.4) is 0 Å². The van der Waals surface area contributed by atoms with E-state index < -0.39 is 10.0 Å². The molecule has 0 unspecified atom stereocenters. The van der Waals surface area contributed by atoms with E-state index >= 15 is 0 Å². The molecule has 1 amide bonds. The minimum absolute atomic E-state index is 0.0533. The number of carbonyl (C=O) groups is 1. The second-order valence-electron chi connectivity index (χ2n) is 8.10. The van der Waals surface area contributed by atoms with Gasteiger partial charge in [-0.1, -0.05) is 25.3 Å². The van der Waals surface area contributed by atoms with Crippen molar-refractivity contribution in [3.63, 3.8) is 0 Å². The van der Waals surface area contributed by atoms with Gasteiger partial charge >= 0.3 is 0 Å². The topological polar surface area (TPSA) is 66.5 Å². The van der Waals surface area contributed by atoms with Crippen LogP contribution in [0.2, 0.25) is 0 Å². The molecule has 1 aromatic rings. The molecule has 5 nitrogen and oxygen atoms in total. The Balaban J connectivity index is 1.36. The lowest BCUT2D eigenvalue weighted by Gasteiger charge is -2.35. The number of hydrogen-bond donors (Lipinski definition) is 1. The zero-order valence-electron chi connectivity index (χ0n) is 15.1. The number of piperidine rings is 1. The smallest absolute Gasteiger partial charge is 0.252 e. The van der Waals surface area contributed by atoms with E-state index in [9.17, 15) is 13.2 Å². The Morgan fingerprint density at radius 3 is 2.77 bits per heavy atom. The van der Waals surface area contributed by atoms with Gasteiger partial charge < -0.3 is 5.32 Å². The van der Waals surface area contributed by atoms with E-state index in [0.717, 1.165) is 37.5 Å². The van der Waals surface area contributed by atoms with Crippen molar-refractivity contribution in [3.8, 4) is 0 Å². The van der Waals surface area contributed by atoms with Crippen LogP contribution in [-0.2, 0) is 14.8 Å². The Bertz CT molecular complexity index is 732. The first kappa shape index (κ1) is 18.4. The quantitative estimate of drug-likeness (QED) is 0.850. The minimum atomic E-state index is -3.46. The minimum Gasteiger partial charge on any atom is -0.353 e. The highest BCUT2D eigenvalue weighted by atomic mass is 32.2. The van der Waals surface area contributed by atoms with Gasteiger partial charge in [0, 0.05) is 19.1 Å². The monoisotopic (exact) mass is 396 g/mol. The van der Waals surface area contributed by atoms with Crippen LogP contribution in [-0.4, -0.2) is 37.8 Å². The molecule has 144 valence electrons. The zero-order valence-corrected chi connectivity index (χ0v) is 16.7. The van der Waals surface area contributed by atoms with Crippen molar-refractivity contribution in [1.82, 2.24) is 9.62 Å². The zero-order chi connectivity index (χ0) is 18.1. The van der Waals surface area contributed by atoms with Crippen molar-refractivity contribution in [1.29, 1.82) is 0 Å². The summed E-state index contributed by atoms with van der Waals surface area (Å²) in [4.78, 5) is 12.8. The van der Waals surface area contributed by atoms with E-state index in [4.69, 9.17) is 0 Å². The summed E-state index contributed by atoms with van der Waals surface area (Å²) in [6.07, 6.45) is 8.97. The Hall–Kier alpha value is -0.920. The van der Waals surface area contributed by atoms with E-state index in [1.807, 2.05) is 0 Å². The Labute approximate surface area is 160 Å². The van der Waals surface area contributed by atoms with E-state index in [1.165, 1.54) is 41.3 Å². The fraction of sp³-hybridized carbons (Fsp3) is 0.737. The number of rotatable bonds is 4. The van der Waals surface area contributed by atoms with E-state index in [0.29, 0.717) is 17.3 Å². The van der Waals surface area contributed by atoms with Gasteiger partial charge in [0.1, 0.15) is 4.21 Å². The maximum atomic E-state index is 12.8. The molecule has 1 aromatic heterocycles. The van der Waals surface area contributed by atoms with E-state index in [1.54, 1.807) is 17.5 Å². The maximum absolute atomic E-state index is 12.8. The lowest BCUT2D eigenvalue weighted by molar-refractivity contribution is -0.127. The molecule has 3 aliphatic rings. The van der Waals surface area contributed by atoms with Crippen LogP contribution in [0.1, 0.15) is 51.4 Å². The lowest BCUT2D eigenvalue weighted by atomic mass is 9.79. The fourth-order valence-electron chi connectivity index (χ4n) is 5.06. The number of carbonyl (C=O) groups excluding carboxylic acids is 1. The van der Waals surface area contributed by atoms with Crippen LogP contribution in [0.15, 0.2) is 21.7 Å². The fourth-order valence-corrected chi connectivity index (χ4v) is 7.73. The Kier molecular flexibility index (Phi) is 5.39. The normalized spacial score (nSPS) is 32.9. The van der Waals surface area contributed by atoms with Gasteiger partial charge in [0.2, 0.25) is 5.91 Å². The summed E-state index contributed by atoms with van der Waals surface area (Å²) in [6.45, 7) is 0.821. The van der Waals surface area contributed by atoms with Crippen molar-refractivity contribution in [3.05, 3.63) is 17.5 Å². The second kappa shape index (κ2) is 7.60. The summed E-state index contributed by atoms with van der Waals surface area (Å²) in [7, 11) is -3.46. The van der Waals surface area contributed by atoms with Crippen LogP contribution in [0, 0.1) is 17.8 Å². The molecule has 1 aliphatic heterocycles. The molecule has 2 saturated carbocycles. The third-order valence-corrected chi connectivity index (χ3v) is 9.72. The largest absolute Gasteiger partial charge is 0.353 e. The van der Waals surface area contributed by atoms with Gasteiger partial charge in [-0.3, -0.25) is 4.79 Å². The molecule has 0 aromatic carbocycles. The van der Waals surface area contributed by atoms with Crippen molar-refractivity contribution in [2.75, 3.05) is 13.1 Å². The molecule has 26 heavy (non-hydrogen) atoms. The standard InChI is InChI=1S/C19H28N2O3S2/c22-19(20-17-9-8-14-4-1-5-15(14)12-17)16-6-2-10-21(13-16)26(23,24)18-7-3-11-25-18/h3,7,11,14-17H,1-2,4-6,8-10,12-13H2,(H,20,22)/t14-,15+,16+,17+/m0/s1. The first-order valence-electron chi connectivity index (χ1n) is 9.88. The van der Waals surface area contributed by atoms with Crippen LogP contribution in [0.4, 0.5) is 0 Å². The third-order valence-electron chi connectivity index (χ3n) is 6.48. The number of thiophene rings is 1. The Morgan fingerprint density at radius 1 is 1.12 bits per heavy atom. The predicted octanol–water partition coefficient (Wildman–Crippen LogP) is 3.23. The van der Waals surface area contributed by atoms with Gasteiger partial charge in [0.05, 0.1) is 5.92 Å². The van der Waals surface area contributed by atoms with Crippen molar-refractivity contribution < 1.29 is 13.2 Å². The maximum Gasteiger partial charge on any atom is 0.252 e. The summed E-state index contributed by atoms with van der Waals surface area (Å²) < 4.78 is 27.3. The Morgan fingerprint density at radius 2 is 1.96 bits per heavy atom. The van der Waals surface area contributed by atoms with Gasteiger partial charge in [-0.2, -0.15) is 4.31 Å². The van der Waals surface area contributed by atoms with Gasteiger partial charge in [0.25, 0.3) is 10.0 Å². The second-order valence-corrected chi connectivity index (χ2v) is 11.2. The molecule has 4 rings (SSSR count). The van der Waals surface area contributed by atoms with Gasteiger partial charge in [0.15, 0.2) is 0 Å². The number of nitrogens with zero attached hydrogens (tertiary/aromatic N) is 1. The van der Waals surface area contributed by atoms with Crippen LogP contribution in [0.25, 0.3) is 0 Å². The molecule has 0 radical (unpaired) electrons. The number of fused-ring (bicyclic) bond motifs is 1. The summed E-state index contributed by atoms with van der Waals surface area (Å²) in [5, 5.41) is 5.03. The molecule has 0 spiro atoms. The predicted molar refractivity (Wildman–Crippen MR) is 102 cm³/mol. The number of sulfonamides is 1. The molecule has 7 heteroatoms. The number of nitrogens with one attached hydrogen (secondary N) is 1. The van der Waals surface area contributed by atoms with E-state index in [2.05, 4.69) is 5.32 Å². The molecule has 1 N–H and O–H groups in total. The summed E-state index contributed by atoms with van der Waals surface area (Å²) in [5.41, 5.74) is 0. The van der Waals surface area contributed by atoms with E-state index in [-0.39, 0.29) is 17.9 Å². The summed E-state index contributed by atoms with van der Waals surface area (Å²) >= 11 is 1.24. The van der Waals surface area contributed by atoms with Gasteiger partial charge in [-0.25, -0.2) is 8.42 Å². The molecular weight excluding hydrogens is 368 g/mol. The highest BCUT2D eigenvalue weighted by Gasteiger charge is 2.37. The third kappa shape index (κ3) is 3.71. The van der Waals surface area contributed by atoms with Crippen LogP contribution >= 0.6 is 11.3 Å². The first-order chi connectivity index (χ1) is 12.5. The molecular formula is C19H28N2O3S2. The molecule has 1 saturated heterocycles. The molecule has 0 bridgehead atoms. The SMILES string of the molecule is O=C(N[C@@H]1CC[C@@H]2CCC[C@@H]2C1)[C@@H]1CCCN(S(=O)(=O)c2cccs2)C1. The van der Waals surface area contributed by atoms with Gasteiger partial charge in [-0.05, 0) is 55.4 Å². The highest BCUT2D eigenvalue weighted by molar-refractivity contribution is 7.91. The molecule has 2 heterocycles. The average molecular weight is 397 g/mol. The molecule has 3 fully saturated rings. The molecule has 2 aliphatic carbocycles. The van der Waals surface area contributed by atoms with Crippen LogP contribution in [0.5, 0.6) is 0 Å². The average Bonchev–Trinajstić information content (AvgIpc) is 3.33. The lowest BCUT2D eigenvalue weighted by Crippen LogP contribution is -2.48. The highest BCUT2D eigenvalue weighted by Crippen LogP contribution is 2.42. The molecule has 4 atom stereocenters. The summed E-state index contributed by atoms with van der Waals surface area (Å²) in [5.74, 6) is 1.50. The van der Waals surface area contributed by atoms with Crippen LogP contribution < -0.4 is 5.32 Å². The van der Waals surface area contributed by atoms with Crippen molar-refractivity contribution in [2.45, 2.75) is 61.6 Å². The van der Waals surface area contributed by atoms with Crippen molar-refractivity contribution in [2.24, 2.45) is 17.8 Å². The number of amides is 1. The first-order valence-corrected chi connectivity index (χ1v) is 12.2.